The molecule has 0 radical (unpaired) electrons. The number of halogens is 3. The van der Waals surface area contributed by atoms with Crippen LogP contribution in [0.5, 0.6) is 11.5 Å². The van der Waals surface area contributed by atoms with Crippen molar-refractivity contribution in [1.29, 1.82) is 0 Å². The van der Waals surface area contributed by atoms with Gasteiger partial charge in [0.1, 0.15) is 17.2 Å². The molecule has 1 spiro atoms. The van der Waals surface area contributed by atoms with Gasteiger partial charge < -0.3 is 14.8 Å². The Morgan fingerprint density at radius 1 is 0.944 bits per heavy atom. The SMILES string of the molecule is COc1ccc(N2C(=O)c3ccccc3NC23CCN(Cc2cccc(OC(F)(F)F)c2)CC3)cc1. The molecule has 0 atom stereocenters. The number of likely N-dealkylation sites (tertiary alicyclic amines) is 1. The minimum Gasteiger partial charge on any atom is -0.497 e. The number of benzene rings is 3. The van der Waals surface area contributed by atoms with Crippen molar-refractivity contribution in [3.63, 3.8) is 0 Å². The largest absolute Gasteiger partial charge is 0.573 e. The average Bonchev–Trinajstić information content (AvgIpc) is 2.85. The van der Waals surface area contributed by atoms with Crippen LogP contribution in [0.25, 0.3) is 0 Å². The van der Waals surface area contributed by atoms with Crippen LogP contribution in [0.15, 0.2) is 72.8 Å². The number of methoxy groups -OCH3 is 1. The van der Waals surface area contributed by atoms with Gasteiger partial charge in [0.2, 0.25) is 0 Å². The average molecular weight is 498 g/mol. The van der Waals surface area contributed by atoms with Gasteiger partial charge in [-0.2, -0.15) is 0 Å². The molecule has 6 nitrogen and oxygen atoms in total. The van der Waals surface area contributed by atoms with Gasteiger partial charge in [-0.25, -0.2) is 0 Å². The second-order valence-electron chi connectivity index (χ2n) is 9.01. The summed E-state index contributed by atoms with van der Waals surface area (Å²) < 4.78 is 47.2. The molecule has 1 saturated heterocycles. The number of amides is 1. The van der Waals surface area contributed by atoms with Crippen LogP contribution in [0.2, 0.25) is 0 Å². The second-order valence-corrected chi connectivity index (χ2v) is 9.01. The number of carbonyl (C=O) groups excluding carboxylic acids is 1. The summed E-state index contributed by atoms with van der Waals surface area (Å²) >= 11 is 0. The van der Waals surface area contributed by atoms with Crippen LogP contribution >= 0.6 is 0 Å². The van der Waals surface area contributed by atoms with Crippen LogP contribution in [-0.4, -0.2) is 43.0 Å². The first-order valence-electron chi connectivity index (χ1n) is 11.7. The Morgan fingerprint density at radius 3 is 2.36 bits per heavy atom. The Bertz CT molecular complexity index is 1240. The molecule has 1 N–H and O–H groups in total. The Labute approximate surface area is 207 Å². The number of nitrogens with zero attached hydrogens (tertiary/aromatic N) is 2. The van der Waals surface area contributed by atoms with E-state index in [1.165, 1.54) is 12.1 Å². The van der Waals surface area contributed by atoms with Gasteiger partial charge >= 0.3 is 6.36 Å². The fourth-order valence-corrected chi connectivity index (χ4v) is 5.02. The van der Waals surface area contributed by atoms with Crippen LogP contribution in [0.4, 0.5) is 24.5 Å². The summed E-state index contributed by atoms with van der Waals surface area (Å²) in [6.07, 6.45) is -3.45. The van der Waals surface area contributed by atoms with Crippen molar-refractivity contribution >= 4 is 17.3 Å². The summed E-state index contributed by atoms with van der Waals surface area (Å²) in [5, 5.41) is 3.64. The minimum absolute atomic E-state index is 0.0695. The molecule has 3 aromatic carbocycles. The normalized spacial score (nSPS) is 17.4. The predicted molar refractivity (Wildman–Crippen MR) is 130 cm³/mol. The van der Waals surface area contributed by atoms with E-state index in [4.69, 9.17) is 4.74 Å². The van der Waals surface area contributed by atoms with E-state index in [0.29, 0.717) is 43.8 Å². The van der Waals surface area contributed by atoms with E-state index < -0.39 is 12.0 Å². The van der Waals surface area contributed by atoms with E-state index in [0.717, 1.165) is 16.9 Å². The molecule has 0 unspecified atom stereocenters. The standard InChI is InChI=1S/C27H26F3N3O3/c1-35-21-11-9-20(10-12-21)33-25(34)23-7-2-3-8-24(23)31-26(33)13-15-32(16-14-26)18-19-5-4-6-22(17-19)36-27(28,29)30/h2-12,17,31H,13-16,18H2,1H3. The van der Waals surface area contributed by atoms with Crippen molar-refractivity contribution in [2.24, 2.45) is 0 Å². The van der Waals surface area contributed by atoms with Crippen LogP contribution < -0.4 is 19.7 Å². The van der Waals surface area contributed by atoms with Gasteiger partial charge in [0.15, 0.2) is 0 Å². The Kier molecular flexibility index (Phi) is 6.26. The maximum atomic E-state index is 13.7. The molecule has 188 valence electrons. The Hall–Kier alpha value is -3.72. The van der Waals surface area contributed by atoms with Crippen LogP contribution in [-0.2, 0) is 6.54 Å². The third-order valence-electron chi connectivity index (χ3n) is 6.71. The molecule has 0 saturated carbocycles. The van der Waals surface area contributed by atoms with Crippen molar-refractivity contribution in [2.75, 3.05) is 30.4 Å². The van der Waals surface area contributed by atoms with Crippen LogP contribution in [0.1, 0.15) is 28.8 Å². The summed E-state index contributed by atoms with van der Waals surface area (Å²) in [5.41, 5.74) is 2.30. The summed E-state index contributed by atoms with van der Waals surface area (Å²) in [7, 11) is 1.60. The molecule has 3 aromatic rings. The lowest BCUT2D eigenvalue weighted by molar-refractivity contribution is -0.274. The molecule has 1 fully saturated rings. The monoisotopic (exact) mass is 497 g/mol. The van der Waals surface area contributed by atoms with E-state index in [9.17, 15) is 18.0 Å². The number of anilines is 2. The van der Waals surface area contributed by atoms with Crippen molar-refractivity contribution < 1.29 is 27.4 Å². The maximum Gasteiger partial charge on any atom is 0.573 e. The second kappa shape index (κ2) is 9.39. The Balaban J connectivity index is 1.37. The highest BCUT2D eigenvalue weighted by Gasteiger charge is 2.47. The fourth-order valence-electron chi connectivity index (χ4n) is 5.02. The number of fused-ring (bicyclic) bond motifs is 1. The first-order valence-corrected chi connectivity index (χ1v) is 11.7. The molecular weight excluding hydrogens is 471 g/mol. The molecule has 0 aromatic heterocycles. The zero-order chi connectivity index (χ0) is 25.3. The number of para-hydroxylation sites is 1. The minimum atomic E-state index is -4.73. The lowest BCUT2D eigenvalue weighted by atomic mass is 9.89. The van der Waals surface area contributed by atoms with Gasteiger partial charge in [-0.1, -0.05) is 24.3 Å². The molecule has 2 aliphatic rings. The number of piperidine rings is 1. The van der Waals surface area contributed by atoms with Crippen molar-refractivity contribution in [2.45, 2.75) is 31.4 Å². The quantitative estimate of drug-likeness (QED) is 0.493. The number of hydrogen-bond acceptors (Lipinski definition) is 5. The van der Waals surface area contributed by atoms with Gasteiger partial charge in [0.25, 0.3) is 5.91 Å². The summed E-state index contributed by atoms with van der Waals surface area (Å²) in [6.45, 7) is 1.79. The number of rotatable bonds is 5. The number of nitrogens with one attached hydrogen (secondary N) is 1. The zero-order valence-corrected chi connectivity index (χ0v) is 19.7. The number of ether oxygens (including phenoxy) is 2. The molecular formula is C27H26F3N3O3. The first-order chi connectivity index (χ1) is 17.3. The molecule has 5 rings (SSSR count). The van der Waals surface area contributed by atoms with Crippen molar-refractivity contribution in [3.8, 4) is 11.5 Å². The van der Waals surface area contributed by atoms with Gasteiger partial charge in [0.05, 0.1) is 12.7 Å². The topological polar surface area (TPSA) is 54.0 Å². The number of alkyl halides is 3. The van der Waals surface area contributed by atoms with E-state index in [2.05, 4.69) is 15.0 Å². The highest BCUT2D eigenvalue weighted by atomic mass is 19.4. The molecule has 0 aliphatic carbocycles. The molecule has 0 bridgehead atoms. The summed E-state index contributed by atoms with van der Waals surface area (Å²) in [5.74, 6) is 0.410. The number of hydrogen-bond donors (Lipinski definition) is 1. The van der Waals surface area contributed by atoms with Crippen LogP contribution in [0.3, 0.4) is 0 Å². The fraction of sp³-hybridized carbons (Fsp3) is 0.296. The maximum absolute atomic E-state index is 13.7. The van der Waals surface area contributed by atoms with Gasteiger partial charge in [-0.05, 0) is 54.1 Å². The lowest BCUT2D eigenvalue weighted by Crippen LogP contribution is -2.64. The van der Waals surface area contributed by atoms with E-state index in [1.807, 2.05) is 53.4 Å². The Morgan fingerprint density at radius 2 is 1.67 bits per heavy atom. The van der Waals surface area contributed by atoms with Crippen molar-refractivity contribution in [3.05, 3.63) is 83.9 Å². The van der Waals surface area contributed by atoms with E-state index >= 15 is 0 Å². The number of carbonyl (C=O) groups is 1. The zero-order valence-electron chi connectivity index (χ0n) is 19.7. The first kappa shape index (κ1) is 24.0. The third kappa shape index (κ3) is 4.83. The highest BCUT2D eigenvalue weighted by molar-refractivity contribution is 6.12. The molecule has 1 amide bonds. The van der Waals surface area contributed by atoms with Gasteiger partial charge in [-0.3, -0.25) is 14.6 Å². The highest BCUT2D eigenvalue weighted by Crippen LogP contribution is 2.41. The van der Waals surface area contributed by atoms with Crippen molar-refractivity contribution in [1.82, 2.24) is 4.90 Å². The van der Waals surface area contributed by atoms with E-state index in [1.54, 1.807) is 19.2 Å². The molecule has 2 heterocycles. The predicted octanol–water partition coefficient (Wildman–Crippen LogP) is 5.66. The van der Waals surface area contributed by atoms with Gasteiger partial charge in [-0.15, -0.1) is 13.2 Å². The van der Waals surface area contributed by atoms with Gasteiger partial charge in [0, 0.05) is 43.9 Å². The van der Waals surface area contributed by atoms with E-state index in [-0.39, 0.29) is 11.7 Å². The lowest BCUT2D eigenvalue weighted by Gasteiger charge is -2.52. The third-order valence-corrected chi connectivity index (χ3v) is 6.71. The molecule has 36 heavy (non-hydrogen) atoms. The van der Waals surface area contributed by atoms with Crippen LogP contribution in [0, 0.1) is 0 Å². The summed E-state index contributed by atoms with van der Waals surface area (Å²) in [6, 6.07) is 21.0. The molecule has 9 heteroatoms. The smallest absolute Gasteiger partial charge is 0.497 e. The molecule has 2 aliphatic heterocycles. The summed E-state index contributed by atoms with van der Waals surface area (Å²) in [4.78, 5) is 17.7.